The molecule has 0 aliphatic rings. The molecule has 5 N–H and O–H groups in total. The Labute approximate surface area is 53.3 Å². The third-order valence-electron chi connectivity index (χ3n) is 0. The molecule has 0 saturated heterocycles. The van der Waals surface area contributed by atoms with Gasteiger partial charge in [0.05, 0.1) is 0 Å². The van der Waals surface area contributed by atoms with Gasteiger partial charge in [0.1, 0.15) is 0 Å². The fourth-order valence-electron chi connectivity index (χ4n) is 0. The standard InChI is InChI=1S/BH3O3.H2O3Te/c2-1(3)4;1-4(2)3/h2-4H;(H2,1,2,3). The summed E-state index contributed by atoms with van der Waals surface area (Å²) in [6, 6.07) is 0. The molecule has 0 rings (SSSR count). The largest absolute Gasteiger partial charge is 0.631 e. The molecule has 0 saturated carbocycles. The van der Waals surface area contributed by atoms with E-state index in [-0.39, 0.29) is 0 Å². The summed E-state index contributed by atoms with van der Waals surface area (Å²) < 4.78 is 23.3. The van der Waals surface area contributed by atoms with Gasteiger partial charge in [-0.25, -0.2) is 0 Å². The van der Waals surface area contributed by atoms with Crippen molar-refractivity contribution in [3.63, 3.8) is 0 Å². The molecule has 0 atom stereocenters. The molecule has 0 aliphatic carbocycles. The summed E-state index contributed by atoms with van der Waals surface area (Å²) in [5, 5.41) is 21.5. The van der Waals surface area contributed by atoms with Crippen LogP contribution in [0.15, 0.2) is 0 Å². The molecule has 0 unspecified atom stereocenters. The van der Waals surface area contributed by atoms with Gasteiger partial charge in [0.15, 0.2) is 0 Å². The third-order valence-corrected chi connectivity index (χ3v) is 0. The summed E-state index contributed by atoms with van der Waals surface area (Å²) in [7, 11) is -2.17. The molecule has 0 aliphatic heterocycles. The van der Waals surface area contributed by atoms with Gasteiger partial charge in [0, 0.05) is 0 Å². The van der Waals surface area contributed by atoms with Crippen LogP contribution in [-0.4, -0.2) is 49.7 Å². The third kappa shape index (κ3) is 929. The van der Waals surface area contributed by atoms with Crippen molar-refractivity contribution in [3.05, 3.63) is 0 Å². The van der Waals surface area contributed by atoms with Crippen molar-refractivity contribution >= 4 is 27.7 Å². The van der Waals surface area contributed by atoms with Gasteiger partial charge in [-0.15, -0.1) is 0 Å². The van der Waals surface area contributed by atoms with Crippen LogP contribution < -0.4 is 0 Å². The van der Waals surface area contributed by atoms with Gasteiger partial charge < -0.3 is 15.1 Å². The van der Waals surface area contributed by atoms with Crippen LogP contribution in [0.1, 0.15) is 0 Å². The monoisotopic (exact) mass is 242 g/mol. The van der Waals surface area contributed by atoms with E-state index < -0.39 is 27.7 Å². The van der Waals surface area contributed by atoms with Gasteiger partial charge in [0.25, 0.3) is 0 Å². The van der Waals surface area contributed by atoms with Crippen molar-refractivity contribution in [3.8, 4) is 0 Å². The molecule has 0 aromatic rings. The Bertz CT molecular complexity index is 52.8. The maximum Gasteiger partial charge on any atom is 0.631 e. The first-order valence-corrected chi connectivity index (χ1v) is 4.34. The van der Waals surface area contributed by atoms with Crippen LogP contribution in [0.25, 0.3) is 0 Å². The van der Waals surface area contributed by atoms with E-state index in [4.69, 9.17) is 25.1 Å². The predicted octanol–water partition coefficient (Wildman–Crippen LogP) is -3.67. The topological polar surface area (TPSA) is 118 Å². The Morgan fingerprint density at radius 2 is 1.12 bits per heavy atom. The van der Waals surface area contributed by atoms with E-state index in [0.717, 1.165) is 0 Å². The second-order valence-electron chi connectivity index (χ2n) is 0.577. The summed E-state index contributed by atoms with van der Waals surface area (Å²) in [5.41, 5.74) is 0. The molecule has 6 nitrogen and oxygen atoms in total. The fourth-order valence-corrected chi connectivity index (χ4v) is 0. The molecule has 0 aromatic carbocycles. The molecule has 8 heavy (non-hydrogen) atoms. The van der Waals surface area contributed by atoms with Gasteiger partial charge in [-0.05, 0) is 0 Å². The van der Waals surface area contributed by atoms with Crippen LogP contribution in [0.5, 0.6) is 0 Å². The minimum atomic E-state index is -3.61. The second-order valence-corrected chi connectivity index (χ2v) is 1.89. The predicted molar refractivity (Wildman–Crippen MR) is 23.3 cm³/mol. The zero-order valence-corrected chi connectivity index (χ0v) is 5.96. The minimum Gasteiger partial charge on any atom is -0.402 e. The van der Waals surface area contributed by atoms with Crippen molar-refractivity contribution in [2.75, 3.05) is 0 Å². The van der Waals surface area contributed by atoms with Crippen molar-refractivity contribution in [2.24, 2.45) is 0 Å². The van der Waals surface area contributed by atoms with E-state index in [0.29, 0.717) is 0 Å². The van der Waals surface area contributed by atoms with Crippen LogP contribution >= 0.6 is 0 Å². The van der Waals surface area contributed by atoms with E-state index in [9.17, 15) is 0 Å². The van der Waals surface area contributed by atoms with E-state index in [1.807, 2.05) is 0 Å². The molecule has 0 heterocycles. The zero-order chi connectivity index (χ0) is 7.15. The van der Waals surface area contributed by atoms with Crippen LogP contribution in [-0.2, 0) is 3.10 Å². The zero-order valence-electron chi connectivity index (χ0n) is 3.63. The first kappa shape index (κ1) is 11.3. The Hall–Kier alpha value is 0.455. The maximum absolute atomic E-state index is 8.81. The Morgan fingerprint density at radius 1 is 1.12 bits per heavy atom. The minimum absolute atomic E-state index is 2.17. The molecule has 0 spiro atoms. The molecule has 50 valence electrons. The fraction of sp³-hybridized carbons (Fsp3) is 0. The summed E-state index contributed by atoms with van der Waals surface area (Å²) >= 11 is -3.61. The molecule has 0 radical (unpaired) electrons. The van der Waals surface area contributed by atoms with Crippen molar-refractivity contribution < 1.29 is 25.1 Å². The smallest absolute Gasteiger partial charge is 0.402 e. The summed E-state index contributed by atoms with van der Waals surface area (Å²) in [6.45, 7) is 0. The second kappa shape index (κ2) is 7.45. The number of hydrogen-bond donors (Lipinski definition) is 5. The van der Waals surface area contributed by atoms with Crippen LogP contribution in [0.2, 0.25) is 0 Å². The summed E-state index contributed by atoms with van der Waals surface area (Å²) in [6.07, 6.45) is 0. The molecule has 0 fully saturated rings. The summed E-state index contributed by atoms with van der Waals surface area (Å²) in [5.74, 6) is 0. The average Bonchev–Trinajstić information content (AvgIpc) is 1.25. The van der Waals surface area contributed by atoms with Gasteiger partial charge >= 0.3 is 37.7 Å². The summed E-state index contributed by atoms with van der Waals surface area (Å²) in [4.78, 5) is 0. The normalized spacial score (nSPS) is 7.75. The Kier molecular flexibility index (Phi) is 10.5. The van der Waals surface area contributed by atoms with Gasteiger partial charge in [-0.3, -0.25) is 0 Å². The number of hydrogen-bond acceptors (Lipinski definition) is 4. The molecular formula is H5BO6Te. The molecule has 0 amide bonds. The van der Waals surface area contributed by atoms with Gasteiger partial charge in [-0.2, -0.15) is 0 Å². The Morgan fingerprint density at radius 3 is 1.12 bits per heavy atom. The van der Waals surface area contributed by atoms with E-state index >= 15 is 0 Å². The molecule has 8 heteroatoms. The Balaban J connectivity index is 0. The van der Waals surface area contributed by atoms with E-state index in [1.54, 1.807) is 0 Å². The first-order chi connectivity index (χ1) is 3.46. The number of rotatable bonds is 0. The van der Waals surface area contributed by atoms with E-state index in [1.165, 1.54) is 0 Å². The molecular weight excluding hydrogens is 234 g/mol. The van der Waals surface area contributed by atoms with Crippen LogP contribution in [0.4, 0.5) is 0 Å². The quantitative estimate of drug-likeness (QED) is 0.278. The van der Waals surface area contributed by atoms with Crippen molar-refractivity contribution in [2.45, 2.75) is 0 Å². The van der Waals surface area contributed by atoms with Crippen molar-refractivity contribution in [1.29, 1.82) is 0 Å². The van der Waals surface area contributed by atoms with Gasteiger partial charge in [-0.1, -0.05) is 0 Å². The SMILES string of the molecule is O=[Te](O)O.OB(O)O. The average molecular weight is 239 g/mol. The maximum atomic E-state index is 8.81. The van der Waals surface area contributed by atoms with Crippen LogP contribution in [0.3, 0.4) is 0 Å². The molecule has 0 bridgehead atoms. The van der Waals surface area contributed by atoms with E-state index in [2.05, 4.69) is 0 Å². The first-order valence-electron chi connectivity index (χ1n) is 1.31. The molecule has 0 aromatic heterocycles. The van der Waals surface area contributed by atoms with Gasteiger partial charge in [0.2, 0.25) is 0 Å². The van der Waals surface area contributed by atoms with Crippen LogP contribution in [0, 0.1) is 0 Å². The van der Waals surface area contributed by atoms with Crippen molar-refractivity contribution in [1.82, 2.24) is 0 Å².